The summed E-state index contributed by atoms with van der Waals surface area (Å²) in [6.45, 7) is 0. The number of benzene rings is 1. The molecule has 0 bridgehead atoms. The summed E-state index contributed by atoms with van der Waals surface area (Å²) in [6, 6.07) is 6.82. The molecule has 0 fully saturated rings. The van der Waals surface area contributed by atoms with Gasteiger partial charge in [-0.3, -0.25) is 9.63 Å². The van der Waals surface area contributed by atoms with Crippen LogP contribution in [0.3, 0.4) is 0 Å². The Labute approximate surface area is 76.4 Å². The molecule has 0 heterocycles. The third-order valence-corrected chi connectivity index (χ3v) is 1.53. The number of rotatable bonds is 3. The average Bonchev–Trinajstić information content (AvgIpc) is 2.18. The molecule has 1 aromatic rings. The van der Waals surface area contributed by atoms with Crippen molar-refractivity contribution in [3.05, 3.63) is 29.8 Å². The minimum absolute atomic E-state index is 0.290. The number of amides is 1. The van der Waals surface area contributed by atoms with Crippen molar-refractivity contribution in [3.8, 4) is 5.75 Å². The topological polar surface area (TPSA) is 47.6 Å². The summed E-state index contributed by atoms with van der Waals surface area (Å²) in [5.74, 6) is 0.352. The molecule has 0 unspecified atom stereocenters. The van der Waals surface area contributed by atoms with E-state index in [1.807, 2.05) is 0 Å². The minimum Gasteiger partial charge on any atom is -0.497 e. The SMILES string of the molecule is CONC(=O)c1cccc(OC)c1. The molecule has 0 aliphatic rings. The Bertz CT molecular complexity index is 299. The second-order valence-electron chi connectivity index (χ2n) is 2.37. The number of ether oxygens (including phenoxy) is 1. The predicted octanol–water partition coefficient (Wildman–Crippen LogP) is 0.986. The largest absolute Gasteiger partial charge is 0.497 e. The van der Waals surface area contributed by atoms with Crippen LogP contribution in [0.4, 0.5) is 0 Å². The monoisotopic (exact) mass is 181 g/mol. The van der Waals surface area contributed by atoms with Gasteiger partial charge in [0.25, 0.3) is 5.91 Å². The second kappa shape index (κ2) is 4.47. The number of nitrogens with one attached hydrogen (secondary N) is 1. The van der Waals surface area contributed by atoms with Crippen LogP contribution in [0.15, 0.2) is 24.3 Å². The van der Waals surface area contributed by atoms with Crippen molar-refractivity contribution in [1.82, 2.24) is 5.48 Å². The molecule has 0 atom stereocenters. The van der Waals surface area contributed by atoms with Crippen molar-refractivity contribution in [1.29, 1.82) is 0 Å². The molecule has 0 aliphatic heterocycles. The second-order valence-corrected chi connectivity index (χ2v) is 2.37. The number of carbonyl (C=O) groups excluding carboxylic acids is 1. The van der Waals surface area contributed by atoms with Crippen molar-refractivity contribution in [2.45, 2.75) is 0 Å². The number of carbonyl (C=O) groups is 1. The lowest BCUT2D eigenvalue weighted by Crippen LogP contribution is -2.21. The number of hydrogen-bond acceptors (Lipinski definition) is 3. The maximum Gasteiger partial charge on any atom is 0.274 e. The maximum absolute atomic E-state index is 11.2. The van der Waals surface area contributed by atoms with Crippen molar-refractivity contribution >= 4 is 5.91 Å². The molecule has 1 rings (SSSR count). The zero-order chi connectivity index (χ0) is 9.68. The Morgan fingerprint density at radius 2 is 2.15 bits per heavy atom. The van der Waals surface area contributed by atoms with Crippen LogP contribution >= 0.6 is 0 Å². The average molecular weight is 181 g/mol. The molecule has 0 aliphatic carbocycles. The molecule has 0 radical (unpaired) electrons. The Morgan fingerprint density at radius 3 is 2.77 bits per heavy atom. The van der Waals surface area contributed by atoms with Crippen molar-refractivity contribution in [3.63, 3.8) is 0 Å². The predicted molar refractivity (Wildman–Crippen MR) is 47.5 cm³/mol. The van der Waals surface area contributed by atoms with Crippen LogP contribution in [0.2, 0.25) is 0 Å². The Hall–Kier alpha value is -1.55. The van der Waals surface area contributed by atoms with E-state index in [2.05, 4.69) is 10.3 Å². The minimum atomic E-state index is -0.290. The molecule has 0 spiro atoms. The van der Waals surface area contributed by atoms with Gasteiger partial charge in [-0.1, -0.05) is 6.07 Å². The van der Waals surface area contributed by atoms with Gasteiger partial charge in [0, 0.05) is 5.56 Å². The van der Waals surface area contributed by atoms with Gasteiger partial charge in [0.05, 0.1) is 14.2 Å². The van der Waals surface area contributed by atoms with E-state index in [4.69, 9.17) is 4.74 Å². The van der Waals surface area contributed by atoms with Gasteiger partial charge in [-0.05, 0) is 18.2 Å². The van der Waals surface area contributed by atoms with E-state index in [1.165, 1.54) is 7.11 Å². The van der Waals surface area contributed by atoms with Gasteiger partial charge in [0.2, 0.25) is 0 Å². The summed E-state index contributed by atoms with van der Waals surface area (Å²) in [4.78, 5) is 15.7. The Morgan fingerprint density at radius 1 is 1.38 bits per heavy atom. The molecule has 4 nitrogen and oxygen atoms in total. The van der Waals surface area contributed by atoms with E-state index < -0.39 is 0 Å². The van der Waals surface area contributed by atoms with Gasteiger partial charge in [-0.15, -0.1) is 0 Å². The molecular weight excluding hydrogens is 170 g/mol. The lowest BCUT2D eigenvalue weighted by atomic mass is 10.2. The van der Waals surface area contributed by atoms with Crippen LogP contribution in [-0.4, -0.2) is 20.1 Å². The van der Waals surface area contributed by atoms with Gasteiger partial charge in [0.15, 0.2) is 0 Å². The molecule has 0 saturated carbocycles. The van der Waals surface area contributed by atoms with Crippen LogP contribution in [0.1, 0.15) is 10.4 Å². The molecule has 1 amide bonds. The number of methoxy groups -OCH3 is 1. The quantitative estimate of drug-likeness (QED) is 0.707. The van der Waals surface area contributed by atoms with E-state index in [9.17, 15) is 4.79 Å². The number of hydrogen-bond donors (Lipinski definition) is 1. The highest BCUT2D eigenvalue weighted by Crippen LogP contribution is 2.11. The smallest absolute Gasteiger partial charge is 0.274 e. The summed E-state index contributed by atoms with van der Waals surface area (Å²) in [5, 5.41) is 0. The highest BCUT2D eigenvalue weighted by Gasteiger charge is 2.04. The van der Waals surface area contributed by atoms with Crippen molar-refractivity contribution in [2.24, 2.45) is 0 Å². The molecule has 0 aromatic heterocycles. The normalized spacial score (nSPS) is 9.38. The first-order chi connectivity index (χ1) is 6.27. The molecule has 4 heteroatoms. The van der Waals surface area contributed by atoms with Gasteiger partial charge in [-0.2, -0.15) is 0 Å². The zero-order valence-electron chi connectivity index (χ0n) is 7.53. The molecule has 1 aromatic carbocycles. The van der Waals surface area contributed by atoms with Gasteiger partial charge < -0.3 is 4.74 Å². The fraction of sp³-hybridized carbons (Fsp3) is 0.222. The summed E-state index contributed by atoms with van der Waals surface area (Å²) in [7, 11) is 2.94. The zero-order valence-corrected chi connectivity index (χ0v) is 7.53. The first-order valence-corrected chi connectivity index (χ1v) is 3.75. The maximum atomic E-state index is 11.2. The van der Waals surface area contributed by atoms with Crippen LogP contribution in [0.5, 0.6) is 5.75 Å². The molecule has 70 valence electrons. The lowest BCUT2D eigenvalue weighted by Gasteiger charge is -2.03. The summed E-state index contributed by atoms with van der Waals surface area (Å²) in [5.41, 5.74) is 2.72. The van der Waals surface area contributed by atoms with Gasteiger partial charge >= 0.3 is 0 Å². The third kappa shape index (κ3) is 2.45. The lowest BCUT2D eigenvalue weighted by molar-refractivity contribution is 0.0537. The third-order valence-electron chi connectivity index (χ3n) is 1.53. The fourth-order valence-electron chi connectivity index (χ4n) is 0.916. The Balaban J connectivity index is 2.82. The Kier molecular flexibility index (Phi) is 3.28. The van der Waals surface area contributed by atoms with E-state index in [0.29, 0.717) is 11.3 Å². The molecule has 0 saturated heterocycles. The highest BCUT2D eigenvalue weighted by molar-refractivity contribution is 5.93. The van der Waals surface area contributed by atoms with Crippen LogP contribution in [0, 0.1) is 0 Å². The first-order valence-electron chi connectivity index (χ1n) is 3.75. The molecule has 13 heavy (non-hydrogen) atoms. The molecular formula is C9H11NO3. The summed E-state index contributed by atoms with van der Waals surface area (Å²) >= 11 is 0. The van der Waals surface area contributed by atoms with Gasteiger partial charge in [0.1, 0.15) is 5.75 Å². The fourth-order valence-corrected chi connectivity index (χ4v) is 0.916. The number of hydroxylamine groups is 1. The summed E-state index contributed by atoms with van der Waals surface area (Å²) < 4.78 is 4.96. The summed E-state index contributed by atoms with van der Waals surface area (Å²) in [6.07, 6.45) is 0. The van der Waals surface area contributed by atoms with E-state index in [0.717, 1.165) is 0 Å². The molecule has 1 N–H and O–H groups in total. The van der Waals surface area contributed by atoms with Crippen LogP contribution < -0.4 is 10.2 Å². The van der Waals surface area contributed by atoms with Crippen LogP contribution in [0.25, 0.3) is 0 Å². The highest BCUT2D eigenvalue weighted by atomic mass is 16.6. The van der Waals surface area contributed by atoms with E-state index in [1.54, 1.807) is 31.4 Å². The van der Waals surface area contributed by atoms with Crippen LogP contribution in [-0.2, 0) is 4.84 Å². The standard InChI is InChI=1S/C9H11NO3/c1-12-8-5-3-4-7(6-8)9(11)10-13-2/h3-6H,1-2H3,(H,10,11). The van der Waals surface area contributed by atoms with E-state index >= 15 is 0 Å². The van der Waals surface area contributed by atoms with Crippen molar-refractivity contribution < 1.29 is 14.4 Å². The van der Waals surface area contributed by atoms with Gasteiger partial charge in [-0.25, -0.2) is 5.48 Å². The van der Waals surface area contributed by atoms with Crippen molar-refractivity contribution in [2.75, 3.05) is 14.2 Å². The van der Waals surface area contributed by atoms with E-state index in [-0.39, 0.29) is 5.91 Å². The first kappa shape index (κ1) is 9.54.